The first kappa shape index (κ1) is 18.3. The number of nitrogens with zero attached hydrogens (tertiary/aromatic N) is 4. The molecule has 0 bridgehead atoms. The van der Waals surface area contributed by atoms with Gasteiger partial charge in [0.2, 0.25) is 5.91 Å². The van der Waals surface area contributed by atoms with Crippen LogP contribution in [0.15, 0.2) is 30.3 Å². The first-order valence-corrected chi connectivity index (χ1v) is 10.7. The number of amides is 2. The molecule has 2 aromatic rings. The summed E-state index contributed by atoms with van der Waals surface area (Å²) < 4.78 is 0. The Balaban J connectivity index is 1.49. The molecule has 5 rings (SSSR count). The molecule has 3 heterocycles. The Morgan fingerprint density at radius 1 is 1.10 bits per heavy atom. The van der Waals surface area contributed by atoms with Crippen LogP contribution in [0.5, 0.6) is 0 Å². The number of carbonyl (C=O) groups is 2. The lowest BCUT2D eigenvalue weighted by molar-refractivity contribution is -0.117. The van der Waals surface area contributed by atoms with Crippen molar-refractivity contribution < 1.29 is 9.59 Å². The van der Waals surface area contributed by atoms with Crippen LogP contribution in [0.4, 0.5) is 5.82 Å². The van der Waals surface area contributed by atoms with E-state index in [9.17, 15) is 9.59 Å². The molecule has 1 aromatic carbocycles. The molecule has 0 spiro atoms. The minimum atomic E-state index is -0.140. The summed E-state index contributed by atoms with van der Waals surface area (Å²) in [7, 11) is 0. The highest BCUT2D eigenvalue weighted by Gasteiger charge is 2.37. The molecule has 2 aliphatic heterocycles. The van der Waals surface area contributed by atoms with Crippen molar-refractivity contribution in [1.29, 1.82) is 0 Å². The summed E-state index contributed by atoms with van der Waals surface area (Å²) >= 11 is 0. The topological polar surface area (TPSA) is 66.4 Å². The van der Waals surface area contributed by atoms with E-state index in [1.165, 1.54) is 12.8 Å². The smallest absolute Gasteiger partial charge is 0.254 e. The molecule has 2 fully saturated rings. The number of hydrogen-bond acceptors (Lipinski definition) is 4. The molecule has 29 heavy (non-hydrogen) atoms. The Bertz CT molecular complexity index is 955. The Morgan fingerprint density at radius 3 is 2.66 bits per heavy atom. The van der Waals surface area contributed by atoms with E-state index in [4.69, 9.17) is 9.97 Å². The highest BCUT2D eigenvalue weighted by atomic mass is 16.2. The maximum absolute atomic E-state index is 13.2. The maximum atomic E-state index is 13.2. The van der Waals surface area contributed by atoms with Crippen LogP contribution in [-0.4, -0.2) is 39.8 Å². The summed E-state index contributed by atoms with van der Waals surface area (Å²) in [5.74, 6) is 2.22. The van der Waals surface area contributed by atoms with Crippen molar-refractivity contribution in [3.63, 3.8) is 0 Å². The molecule has 1 aliphatic carbocycles. The lowest BCUT2D eigenvalue weighted by atomic mass is 9.99. The predicted octanol–water partition coefficient (Wildman–Crippen LogP) is 3.45. The first-order valence-electron chi connectivity index (χ1n) is 10.7. The van der Waals surface area contributed by atoms with E-state index in [-0.39, 0.29) is 17.9 Å². The Kier molecular flexibility index (Phi) is 4.57. The zero-order chi connectivity index (χ0) is 20.0. The van der Waals surface area contributed by atoms with E-state index in [2.05, 4.69) is 0 Å². The van der Waals surface area contributed by atoms with Crippen molar-refractivity contribution in [2.24, 2.45) is 5.92 Å². The summed E-state index contributed by atoms with van der Waals surface area (Å²) in [5, 5.41) is 0. The zero-order valence-corrected chi connectivity index (χ0v) is 16.8. The Morgan fingerprint density at radius 2 is 1.90 bits per heavy atom. The summed E-state index contributed by atoms with van der Waals surface area (Å²) in [5.41, 5.74) is 2.52. The van der Waals surface area contributed by atoms with Crippen molar-refractivity contribution in [3.8, 4) is 0 Å². The first-order chi connectivity index (χ1) is 14.1. The summed E-state index contributed by atoms with van der Waals surface area (Å²) in [6.45, 7) is 3.44. The SMILES string of the molecule is Cc1nc([C@@H]2CCCCN2C(=O)c2ccccc2)nc2c1CC(=O)N2CC1CC1. The number of fused-ring (bicyclic) bond motifs is 1. The van der Waals surface area contributed by atoms with E-state index < -0.39 is 0 Å². The number of likely N-dealkylation sites (tertiary alicyclic amines) is 1. The van der Waals surface area contributed by atoms with Gasteiger partial charge in [-0.2, -0.15) is 0 Å². The van der Waals surface area contributed by atoms with Gasteiger partial charge in [0.25, 0.3) is 5.91 Å². The van der Waals surface area contributed by atoms with Gasteiger partial charge in [-0.05, 0) is 57.1 Å². The molecule has 2 amide bonds. The van der Waals surface area contributed by atoms with Crippen molar-refractivity contribution in [3.05, 3.63) is 53.0 Å². The largest absolute Gasteiger partial charge is 0.328 e. The van der Waals surface area contributed by atoms with E-state index in [1.54, 1.807) is 0 Å². The minimum Gasteiger partial charge on any atom is -0.328 e. The van der Waals surface area contributed by atoms with Gasteiger partial charge in [0, 0.05) is 29.9 Å². The van der Waals surface area contributed by atoms with Gasteiger partial charge >= 0.3 is 0 Å². The van der Waals surface area contributed by atoms with Crippen LogP contribution >= 0.6 is 0 Å². The second kappa shape index (κ2) is 7.25. The quantitative estimate of drug-likeness (QED) is 0.802. The number of aromatic nitrogens is 2. The number of benzene rings is 1. The van der Waals surface area contributed by atoms with Gasteiger partial charge in [0.05, 0.1) is 12.5 Å². The highest BCUT2D eigenvalue weighted by molar-refractivity contribution is 6.00. The second-order valence-corrected chi connectivity index (χ2v) is 8.47. The van der Waals surface area contributed by atoms with Gasteiger partial charge in [-0.15, -0.1) is 0 Å². The normalized spacial score (nSPS) is 21.4. The van der Waals surface area contributed by atoms with Crippen LogP contribution in [-0.2, 0) is 11.2 Å². The average Bonchev–Trinajstić information content (AvgIpc) is 3.52. The van der Waals surface area contributed by atoms with Gasteiger partial charge in [0.1, 0.15) is 5.82 Å². The summed E-state index contributed by atoms with van der Waals surface area (Å²) in [6, 6.07) is 9.28. The maximum Gasteiger partial charge on any atom is 0.254 e. The number of carbonyl (C=O) groups excluding carboxylic acids is 2. The zero-order valence-electron chi connectivity index (χ0n) is 16.8. The van der Waals surface area contributed by atoms with Crippen molar-refractivity contribution in [2.75, 3.05) is 18.0 Å². The Labute approximate surface area is 170 Å². The molecule has 6 heteroatoms. The molecule has 1 atom stereocenters. The van der Waals surface area contributed by atoms with Crippen LogP contribution in [0.1, 0.15) is 65.6 Å². The lowest BCUT2D eigenvalue weighted by Crippen LogP contribution is -2.39. The summed E-state index contributed by atoms with van der Waals surface area (Å²) in [6.07, 6.45) is 5.67. The number of aryl methyl sites for hydroxylation is 1. The fraction of sp³-hybridized carbons (Fsp3) is 0.478. The number of hydrogen-bond donors (Lipinski definition) is 0. The van der Waals surface area contributed by atoms with Crippen LogP contribution in [0.25, 0.3) is 0 Å². The molecule has 3 aliphatic rings. The van der Waals surface area contributed by atoms with Gasteiger partial charge in [-0.25, -0.2) is 9.97 Å². The standard InChI is InChI=1S/C23H26N4O2/c1-15-18-13-20(28)27(14-16-10-11-16)22(18)25-21(24-15)19-9-5-6-12-26(19)23(29)17-7-3-2-4-8-17/h2-4,7-8,16,19H,5-6,9-14H2,1H3/t19-/m0/s1. The lowest BCUT2D eigenvalue weighted by Gasteiger charge is -2.35. The number of anilines is 1. The predicted molar refractivity (Wildman–Crippen MR) is 110 cm³/mol. The molecular formula is C23H26N4O2. The fourth-order valence-electron chi connectivity index (χ4n) is 4.48. The third-order valence-corrected chi connectivity index (χ3v) is 6.31. The van der Waals surface area contributed by atoms with Gasteiger partial charge in [-0.1, -0.05) is 18.2 Å². The second-order valence-electron chi connectivity index (χ2n) is 8.47. The molecule has 0 unspecified atom stereocenters. The van der Waals surface area contributed by atoms with E-state index in [1.807, 2.05) is 47.1 Å². The molecule has 1 saturated carbocycles. The molecule has 0 N–H and O–H groups in total. The monoisotopic (exact) mass is 390 g/mol. The highest BCUT2D eigenvalue weighted by Crippen LogP contribution is 2.38. The van der Waals surface area contributed by atoms with Crippen molar-refractivity contribution in [2.45, 2.75) is 51.5 Å². The molecule has 150 valence electrons. The van der Waals surface area contributed by atoms with Crippen molar-refractivity contribution in [1.82, 2.24) is 14.9 Å². The van der Waals surface area contributed by atoms with E-state index >= 15 is 0 Å². The molecule has 1 aromatic heterocycles. The third-order valence-electron chi connectivity index (χ3n) is 6.31. The molecule has 6 nitrogen and oxygen atoms in total. The summed E-state index contributed by atoms with van der Waals surface area (Å²) in [4.78, 5) is 39.2. The number of piperidine rings is 1. The van der Waals surface area contributed by atoms with Crippen LogP contribution in [0.2, 0.25) is 0 Å². The van der Waals surface area contributed by atoms with Gasteiger partial charge < -0.3 is 4.90 Å². The molecule has 1 saturated heterocycles. The third kappa shape index (κ3) is 3.41. The average molecular weight is 390 g/mol. The van der Waals surface area contributed by atoms with Crippen LogP contribution < -0.4 is 4.90 Å². The molecule has 0 radical (unpaired) electrons. The minimum absolute atomic E-state index is 0.0305. The molecular weight excluding hydrogens is 364 g/mol. The van der Waals surface area contributed by atoms with Gasteiger partial charge in [-0.3, -0.25) is 14.5 Å². The van der Waals surface area contributed by atoms with E-state index in [0.29, 0.717) is 30.3 Å². The van der Waals surface area contributed by atoms with Crippen LogP contribution in [0, 0.1) is 12.8 Å². The fourth-order valence-corrected chi connectivity index (χ4v) is 4.48. The number of rotatable bonds is 4. The van der Waals surface area contributed by atoms with Crippen LogP contribution in [0.3, 0.4) is 0 Å². The Hall–Kier alpha value is -2.76. The van der Waals surface area contributed by atoms with Crippen molar-refractivity contribution >= 4 is 17.6 Å². The van der Waals surface area contributed by atoms with Gasteiger partial charge in [0.15, 0.2) is 5.82 Å². The van der Waals surface area contributed by atoms with E-state index in [0.717, 1.165) is 42.9 Å².